The first-order valence-electron chi connectivity index (χ1n) is 9.76. The standard InChI is InChI=1S/C12H11BrClF.C12H12ClFO/c13-8-11(15)7-12(5-6-12)9-1-3-10(14)4-2-9;13-10-3-1-9(2-4-10)12(5-6-12)7-11(14)8-15/h1-4,7H,5-6,8H2;1-4,7,15H,5-6,8H2/b2*11-7-. The molecule has 0 aromatic heterocycles. The van der Waals surface area contributed by atoms with Gasteiger partial charge >= 0.3 is 0 Å². The molecule has 2 aliphatic carbocycles. The van der Waals surface area contributed by atoms with Crippen molar-refractivity contribution in [3.05, 3.63) is 93.5 Å². The Bertz CT molecular complexity index is 838. The van der Waals surface area contributed by atoms with Gasteiger partial charge in [-0.05, 0) is 73.2 Å². The van der Waals surface area contributed by atoms with Crippen LogP contribution in [0.3, 0.4) is 0 Å². The fourth-order valence-electron chi connectivity index (χ4n) is 3.55. The van der Waals surface area contributed by atoms with Gasteiger partial charge in [-0.1, -0.05) is 63.4 Å². The van der Waals surface area contributed by atoms with Crippen molar-refractivity contribution in [3.8, 4) is 0 Å². The minimum Gasteiger partial charge on any atom is -0.389 e. The van der Waals surface area contributed by atoms with Crippen LogP contribution in [-0.2, 0) is 10.8 Å². The van der Waals surface area contributed by atoms with Crippen LogP contribution in [0.25, 0.3) is 0 Å². The fraction of sp³-hybridized carbons (Fsp3) is 0.333. The van der Waals surface area contributed by atoms with E-state index in [1.54, 1.807) is 6.08 Å². The summed E-state index contributed by atoms with van der Waals surface area (Å²) in [4.78, 5) is 0. The van der Waals surface area contributed by atoms with Crippen molar-refractivity contribution >= 4 is 39.1 Å². The van der Waals surface area contributed by atoms with E-state index in [0.717, 1.165) is 41.8 Å². The topological polar surface area (TPSA) is 20.2 Å². The van der Waals surface area contributed by atoms with Crippen LogP contribution in [0.4, 0.5) is 8.78 Å². The molecule has 0 bridgehead atoms. The highest BCUT2D eigenvalue weighted by Gasteiger charge is 2.43. The van der Waals surface area contributed by atoms with Crippen molar-refractivity contribution in [1.29, 1.82) is 0 Å². The molecule has 0 saturated heterocycles. The monoisotopic (exact) mass is 514 g/mol. The second-order valence-electron chi connectivity index (χ2n) is 7.80. The Morgan fingerprint density at radius 2 is 1.17 bits per heavy atom. The molecule has 0 radical (unpaired) electrons. The highest BCUT2D eigenvalue weighted by molar-refractivity contribution is 9.09. The molecule has 0 heterocycles. The van der Waals surface area contributed by atoms with Gasteiger partial charge in [-0.15, -0.1) is 0 Å². The van der Waals surface area contributed by atoms with Crippen molar-refractivity contribution in [3.63, 3.8) is 0 Å². The summed E-state index contributed by atoms with van der Waals surface area (Å²) in [6.07, 6.45) is 7.16. The number of halogens is 5. The fourth-order valence-corrected chi connectivity index (χ4v) is 3.96. The van der Waals surface area contributed by atoms with Crippen LogP contribution in [0, 0.1) is 0 Å². The quantitative estimate of drug-likeness (QED) is 0.388. The minimum atomic E-state index is -0.519. The Morgan fingerprint density at radius 3 is 1.47 bits per heavy atom. The molecule has 0 atom stereocenters. The number of hydrogen-bond donors (Lipinski definition) is 1. The summed E-state index contributed by atoms with van der Waals surface area (Å²) < 4.78 is 26.2. The third-order valence-electron chi connectivity index (χ3n) is 5.56. The molecule has 2 fully saturated rings. The van der Waals surface area contributed by atoms with Gasteiger partial charge in [0.2, 0.25) is 0 Å². The van der Waals surface area contributed by atoms with E-state index in [1.807, 2.05) is 48.5 Å². The van der Waals surface area contributed by atoms with Gasteiger partial charge in [-0.2, -0.15) is 0 Å². The second kappa shape index (κ2) is 9.95. The molecule has 2 aromatic rings. The minimum absolute atomic E-state index is 0.0670. The lowest BCUT2D eigenvalue weighted by atomic mass is 9.95. The molecular weight excluding hydrogens is 493 g/mol. The molecule has 160 valence electrons. The van der Waals surface area contributed by atoms with Crippen LogP contribution < -0.4 is 0 Å². The summed E-state index contributed by atoms with van der Waals surface area (Å²) in [5.74, 6) is -0.551. The van der Waals surface area contributed by atoms with Gasteiger partial charge in [-0.25, -0.2) is 8.78 Å². The first-order valence-corrected chi connectivity index (χ1v) is 11.6. The normalized spacial score (nSPS) is 19.0. The lowest BCUT2D eigenvalue weighted by Crippen LogP contribution is -2.03. The summed E-state index contributed by atoms with van der Waals surface area (Å²) in [7, 11) is 0. The van der Waals surface area contributed by atoms with Crippen LogP contribution in [0.5, 0.6) is 0 Å². The molecule has 0 unspecified atom stereocenters. The first kappa shape index (κ1) is 23.5. The van der Waals surface area contributed by atoms with Crippen molar-refractivity contribution in [2.75, 3.05) is 11.9 Å². The first-order chi connectivity index (χ1) is 14.3. The zero-order valence-corrected chi connectivity index (χ0v) is 19.5. The maximum Gasteiger partial charge on any atom is 0.122 e. The lowest BCUT2D eigenvalue weighted by Gasteiger charge is -2.10. The Kier molecular flexibility index (Phi) is 7.78. The predicted molar refractivity (Wildman–Crippen MR) is 124 cm³/mol. The van der Waals surface area contributed by atoms with E-state index >= 15 is 0 Å². The number of hydrogen-bond acceptors (Lipinski definition) is 1. The van der Waals surface area contributed by atoms with Gasteiger partial charge in [0, 0.05) is 20.9 Å². The summed E-state index contributed by atoms with van der Waals surface area (Å²) in [5.41, 5.74) is 1.96. The maximum absolute atomic E-state index is 13.2. The van der Waals surface area contributed by atoms with Crippen LogP contribution in [0.2, 0.25) is 10.0 Å². The molecule has 0 aliphatic heterocycles. The molecule has 0 spiro atoms. The number of aliphatic hydroxyl groups excluding tert-OH is 1. The van der Waals surface area contributed by atoms with E-state index in [0.29, 0.717) is 10.4 Å². The van der Waals surface area contributed by atoms with E-state index in [4.69, 9.17) is 28.3 Å². The SMILES string of the molecule is F/C(=C\C1(c2ccc(Cl)cc2)CC1)CBr.OC/C(F)=C/C1(c2ccc(Cl)cc2)CC1. The number of rotatable bonds is 6. The van der Waals surface area contributed by atoms with Crippen LogP contribution in [0.15, 0.2) is 72.3 Å². The number of benzene rings is 2. The van der Waals surface area contributed by atoms with Gasteiger partial charge in [0.05, 0.1) is 11.9 Å². The molecule has 2 aliphatic rings. The van der Waals surface area contributed by atoms with E-state index in [-0.39, 0.29) is 16.7 Å². The Hall–Kier alpha value is -1.20. The van der Waals surface area contributed by atoms with Crippen molar-refractivity contribution in [1.82, 2.24) is 0 Å². The average Bonchev–Trinajstić information content (AvgIpc) is 3.67. The molecule has 2 aromatic carbocycles. The smallest absolute Gasteiger partial charge is 0.122 e. The van der Waals surface area contributed by atoms with Gasteiger partial charge in [-0.3, -0.25) is 0 Å². The molecule has 2 saturated carbocycles. The largest absolute Gasteiger partial charge is 0.389 e. The summed E-state index contributed by atoms with van der Waals surface area (Å²) >= 11 is 14.7. The molecule has 0 amide bonds. The third-order valence-corrected chi connectivity index (χ3v) is 6.60. The van der Waals surface area contributed by atoms with Crippen molar-refractivity contribution in [2.45, 2.75) is 36.5 Å². The second-order valence-corrected chi connectivity index (χ2v) is 9.23. The highest BCUT2D eigenvalue weighted by atomic mass is 79.9. The van der Waals surface area contributed by atoms with Crippen LogP contribution in [0.1, 0.15) is 36.8 Å². The van der Waals surface area contributed by atoms with E-state index < -0.39 is 12.4 Å². The van der Waals surface area contributed by atoms with Crippen molar-refractivity contribution in [2.24, 2.45) is 0 Å². The Morgan fingerprint density at radius 1 is 0.800 bits per heavy atom. The van der Waals surface area contributed by atoms with Crippen LogP contribution >= 0.6 is 39.1 Å². The highest BCUT2D eigenvalue weighted by Crippen LogP contribution is 2.51. The van der Waals surface area contributed by atoms with E-state index in [2.05, 4.69) is 15.9 Å². The molecular formula is C24H23BrCl2F2O. The van der Waals surface area contributed by atoms with Gasteiger partial charge in [0.1, 0.15) is 11.7 Å². The summed E-state index contributed by atoms with van der Waals surface area (Å²) in [6, 6.07) is 15.1. The number of aliphatic hydroxyl groups is 1. The van der Waals surface area contributed by atoms with E-state index in [9.17, 15) is 8.78 Å². The molecule has 1 N–H and O–H groups in total. The zero-order valence-electron chi connectivity index (χ0n) is 16.4. The average molecular weight is 516 g/mol. The molecule has 4 rings (SSSR count). The molecule has 6 heteroatoms. The van der Waals surface area contributed by atoms with Gasteiger partial charge < -0.3 is 5.11 Å². The zero-order chi connectivity index (χ0) is 21.8. The third kappa shape index (κ3) is 5.94. The van der Waals surface area contributed by atoms with Gasteiger partial charge in [0.15, 0.2) is 0 Å². The Labute approximate surface area is 194 Å². The summed E-state index contributed by atoms with van der Waals surface area (Å²) in [6.45, 7) is -0.519. The van der Waals surface area contributed by atoms with E-state index in [1.165, 1.54) is 6.08 Å². The van der Waals surface area contributed by atoms with Gasteiger partial charge in [0.25, 0.3) is 0 Å². The lowest BCUT2D eigenvalue weighted by molar-refractivity contribution is 0.296. The molecule has 1 nitrogen and oxygen atoms in total. The Balaban J connectivity index is 0.000000171. The number of alkyl halides is 1. The maximum atomic E-state index is 13.2. The molecule has 30 heavy (non-hydrogen) atoms. The van der Waals surface area contributed by atoms with Crippen LogP contribution in [-0.4, -0.2) is 17.0 Å². The predicted octanol–water partition coefficient (Wildman–Crippen LogP) is 7.84. The van der Waals surface area contributed by atoms with Crippen molar-refractivity contribution < 1.29 is 13.9 Å². The number of allylic oxidation sites excluding steroid dienone is 3. The summed E-state index contributed by atoms with van der Waals surface area (Å²) in [5, 5.41) is 10.3.